The van der Waals surface area contributed by atoms with E-state index in [1.54, 1.807) is 0 Å². The Hall–Kier alpha value is -0.810. The van der Waals surface area contributed by atoms with Crippen LogP contribution in [-0.2, 0) is 0 Å². The van der Waals surface area contributed by atoms with Gasteiger partial charge in [0, 0.05) is 11.0 Å². The van der Waals surface area contributed by atoms with Crippen LogP contribution in [0.5, 0.6) is 0 Å². The predicted molar refractivity (Wildman–Crippen MR) is 113 cm³/mol. The van der Waals surface area contributed by atoms with E-state index in [1.807, 2.05) is 0 Å². The van der Waals surface area contributed by atoms with E-state index in [9.17, 15) is 0 Å². The Kier molecular flexibility index (Phi) is 5.81. The highest BCUT2D eigenvalue weighted by molar-refractivity contribution is 9.11. The Labute approximate surface area is 163 Å². The summed E-state index contributed by atoms with van der Waals surface area (Å²) in [6.45, 7) is 2.21. The molecule has 2 N–H and O–H groups in total. The van der Waals surface area contributed by atoms with Crippen molar-refractivity contribution in [1.82, 2.24) is 10.6 Å². The lowest BCUT2D eigenvalue weighted by atomic mass is 9.95. The molecule has 1 aromatic carbocycles. The highest BCUT2D eigenvalue weighted by Crippen LogP contribution is 2.42. The third-order valence-corrected chi connectivity index (χ3v) is 7.36. The first kappa shape index (κ1) is 17.6. The standard InChI is InChI=1S/C21H25BrN2S/c22-19-10-4-9-17(21-23-12-5-13-24-21)18(19)14-25-20-11-3-7-15-6-1-2-8-16(15)20/h1-3,6-9,20-21,23-24H,4-5,10-14H2. The van der Waals surface area contributed by atoms with Crippen molar-refractivity contribution in [3.05, 3.63) is 63.2 Å². The van der Waals surface area contributed by atoms with Crippen LogP contribution in [0.3, 0.4) is 0 Å². The van der Waals surface area contributed by atoms with Crippen molar-refractivity contribution in [3.8, 4) is 0 Å². The van der Waals surface area contributed by atoms with E-state index in [4.69, 9.17) is 0 Å². The average molecular weight is 417 g/mol. The van der Waals surface area contributed by atoms with Crippen LogP contribution in [-0.4, -0.2) is 25.0 Å². The highest BCUT2D eigenvalue weighted by Gasteiger charge is 2.25. The number of thioether (sulfide) groups is 1. The molecule has 1 fully saturated rings. The fraction of sp³-hybridized carbons (Fsp3) is 0.429. The fourth-order valence-electron chi connectivity index (χ4n) is 3.86. The van der Waals surface area contributed by atoms with E-state index in [-0.39, 0.29) is 0 Å². The van der Waals surface area contributed by atoms with Gasteiger partial charge in [0.2, 0.25) is 0 Å². The number of hydrogen-bond acceptors (Lipinski definition) is 3. The molecule has 132 valence electrons. The number of hydrogen-bond donors (Lipinski definition) is 2. The minimum atomic E-state index is 0.315. The van der Waals surface area contributed by atoms with Crippen molar-refractivity contribution in [1.29, 1.82) is 0 Å². The Morgan fingerprint density at radius 2 is 2.00 bits per heavy atom. The fourth-order valence-corrected chi connectivity index (χ4v) is 5.99. The van der Waals surface area contributed by atoms with Gasteiger partial charge in [-0.2, -0.15) is 0 Å². The number of allylic oxidation sites excluding steroid dienone is 3. The summed E-state index contributed by atoms with van der Waals surface area (Å²) in [5.41, 5.74) is 5.83. The Morgan fingerprint density at radius 3 is 2.88 bits per heavy atom. The molecule has 1 unspecified atom stereocenters. The topological polar surface area (TPSA) is 24.1 Å². The van der Waals surface area contributed by atoms with Gasteiger partial charge in [-0.15, -0.1) is 11.8 Å². The van der Waals surface area contributed by atoms with Crippen molar-refractivity contribution < 1.29 is 0 Å². The van der Waals surface area contributed by atoms with Crippen molar-refractivity contribution >= 4 is 33.8 Å². The average Bonchev–Trinajstić information content (AvgIpc) is 2.67. The molecule has 2 nitrogen and oxygen atoms in total. The van der Waals surface area contributed by atoms with E-state index in [0.29, 0.717) is 11.4 Å². The maximum Gasteiger partial charge on any atom is 0.0835 e. The summed E-state index contributed by atoms with van der Waals surface area (Å²) in [7, 11) is 0. The predicted octanol–water partition coefficient (Wildman–Crippen LogP) is 5.16. The first-order chi connectivity index (χ1) is 12.3. The van der Waals surface area contributed by atoms with Gasteiger partial charge in [0.15, 0.2) is 0 Å². The third-order valence-electron chi connectivity index (χ3n) is 5.18. The highest BCUT2D eigenvalue weighted by atomic mass is 79.9. The summed E-state index contributed by atoms with van der Waals surface area (Å²) in [4.78, 5) is 0. The second-order valence-corrected chi connectivity index (χ2v) is 8.99. The van der Waals surface area contributed by atoms with Crippen LogP contribution in [0.25, 0.3) is 6.08 Å². The van der Waals surface area contributed by atoms with Gasteiger partial charge in [-0.25, -0.2) is 0 Å². The lowest BCUT2D eigenvalue weighted by Gasteiger charge is -2.32. The largest absolute Gasteiger partial charge is 0.298 e. The molecular weight excluding hydrogens is 392 g/mol. The lowest BCUT2D eigenvalue weighted by molar-refractivity contribution is 0.410. The van der Waals surface area contributed by atoms with E-state index in [2.05, 4.69) is 80.8 Å². The zero-order chi connectivity index (χ0) is 17.1. The summed E-state index contributed by atoms with van der Waals surface area (Å²) < 4.78 is 1.39. The van der Waals surface area contributed by atoms with E-state index < -0.39 is 0 Å². The molecule has 0 bridgehead atoms. The zero-order valence-corrected chi connectivity index (χ0v) is 16.8. The SMILES string of the molecule is BrC1=C(CSC2CC=Cc3ccccc32)C(C2NCCCN2)=CCC1. The van der Waals surface area contributed by atoms with Gasteiger partial charge in [0.1, 0.15) is 0 Å². The van der Waals surface area contributed by atoms with Crippen LogP contribution in [0.2, 0.25) is 0 Å². The summed E-state index contributed by atoms with van der Waals surface area (Å²) in [6.07, 6.45) is 12.0. The molecule has 1 aliphatic heterocycles. The normalized spacial score (nSPS) is 24.2. The molecule has 1 saturated heterocycles. The minimum Gasteiger partial charge on any atom is -0.298 e. The molecule has 4 heteroatoms. The van der Waals surface area contributed by atoms with E-state index in [0.717, 1.165) is 38.1 Å². The van der Waals surface area contributed by atoms with Gasteiger partial charge in [-0.3, -0.25) is 10.6 Å². The van der Waals surface area contributed by atoms with Gasteiger partial charge in [-0.05, 0) is 65.5 Å². The minimum absolute atomic E-state index is 0.315. The maximum atomic E-state index is 3.87. The van der Waals surface area contributed by atoms with Crippen molar-refractivity contribution in [2.75, 3.05) is 18.8 Å². The molecule has 2 aliphatic carbocycles. The molecule has 0 saturated carbocycles. The van der Waals surface area contributed by atoms with Gasteiger partial charge in [0.05, 0.1) is 6.17 Å². The second kappa shape index (κ2) is 8.26. The van der Waals surface area contributed by atoms with Gasteiger partial charge in [-0.1, -0.05) is 58.4 Å². The van der Waals surface area contributed by atoms with Crippen LogP contribution in [0.4, 0.5) is 0 Å². The van der Waals surface area contributed by atoms with Crippen molar-refractivity contribution in [3.63, 3.8) is 0 Å². The molecule has 0 spiro atoms. The molecule has 1 aromatic rings. The van der Waals surface area contributed by atoms with Crippen LogP contribution >= 0.6 is 27.7 Å². The van der Waals surface area contributed by atoms with Crippen LogP contribution < -0.4 is 10.6 Å². The molecule has 0 amide bonds. The smallest absolute Gasteiger partial charge is 0.0835 e. The first-order valence-corrected chi connectivity index (χ1v) is 11.1. The number of nitrogens with one attached hydrogen (secondary N) is 2. The van der Waals surface area contributed by atoms with E-state index >= 15 is 0 Å². The summed E-state index contributed by atoms with van der Waals surface area (Å²) >= 11 is 5.96. The number of benzene rings is 1. The molecular formula is C21H25BrN2S. The maximum absolute atomic E-state index is 3.87. The molecule has 4 rings (SSSR count). The Balaban J connectivity index is 1.49. The molecule has 0 radical (unpaired) electrons. The first-order valence-electron chi connectivity index (χ1n) is 9.25. The van der Waals surface area contributed by atoms with Crippen LogP contribution in [0, 0.1) is 0 Å². The third kappa shape index (κ3) is 3.97. The second-order valence-electron chi connectivity index (χ2n) is 6.84. The number of rotatable bonds is 4. The zero-order valence-electron chi connectivity index (χ0n) is 14.4. The Bertz CT molecular complexity index is 716. The summed E-state index contributed by atoms with van der Waals surface area (Å²) in [5, 5.41) is 7.84. The summed E-state index contributed by atoms with van der Waals surface area (Å²) in [5.74, 6) is 1.07. The van der Waals surface area contributed by atoms with Crippen LogP contribution in [0.1, 0.15) is 42.1 Å². The van der Waals surface area contributed by atoms with Gasteiger partial charge < -0.3 is 0 Å². The number of fused-ring (bicyclic) bond motifs is 1. The van der Waals surface area contributed by atoms with Gasteiger partial charge >= 0.3 is 0 Å². The molecule has 1 heterocycles. The monoisotopic (exact) mass is 416 g/mol. The molecule has 1 atom stereocenters. The summed E-state index contributed by atoms with van der Waals surface area (Å²) in [6, 6.07) is 8.83. The molecule has 0 aromatic heterocycles. The Morgan fingerprint density at radius 1 is 1.16 bits per heavy atom. The van der Waals surface area contributed by atoms with Gasteiger partial charge in [0.25, 0.3) is 0 Å². The van der Waals surface area contributed by atoms with Crippen molar-refractivity contribution in [2.24, 2.45) is 0 Å². The molecule has 25 heavy (non-hydrogen) atoms. The van der Waals surface area contributed by atoms with E-state index in [1.165, 1.54) is 33.2 Å². The quantitative estimate of drug-likeness (QED) is 0.708. The number of halogens is 1. The lowest BCUT2D eigenvalue weighted by Crippen LogP contribution is -2.50. The van der Waals surface area contributed by atoms with Crippen molar-refractivity contribution in [2.45, 2.75) is 37.1 Å². The molecule has 3 aliphatic rings. The van der Waals surface area contributed by atoms with Crippen LogP contribution in [0.15, 0.2) is 52.0 Å².